The molecule has 0 aromatic heterocycles. The smallest absolute Gasteiger partial charge is 0.425 e. The van der Waals surface area contributed by atoms with Crippen molar-refractivity contribution in [3.8, 4) is 0 Å². The molecule has 0 atom stereocenters. The molecule has 0 heterocycles. The molecule has 0 bridgehead atoms. The molecular weight excluding hydrogens is 188 g/mol. The van der Waals surface area contributed by atoms with E-state index in [9.17, 15) is 14.4 Å². The van der Waals surface area contributed by atoms with Gasteiger partial charge in [-0.05, 0) is 20.8 Å². The number of carbonyl (C=O) groups is 3. The quantitative estimate of drug-likeness (QED) is 0.630. The molecule has 0 aliphatic rings. The average molecular weight is 202 g/mol. The normalized spacial score (nSPS) is 10.6. The number of primary amides is 1. The predicted molar refractivity (Wildman–Crippen MR) is 48.3 cm³/mol. The highest BCUT2D eigenvalue weighted by Crippen LogP contribution is 2.09. The van der Waals surface area contributed by atoms with E-state index in [1.807, 2.05) is 0 Å². The molecule has 80 valence electrons. The van der Waals surface area contributed by atoms with Gasteiger partial charge in [0.1, 0.15) is 5.60 Å². The third-order valence-electron chi connectivity index (χ3n) is 1.11. The fourth-order valence-corrected chi connectivity index (χ4v) is 0.681. The van der Waals surface area contributed by atoms with Crippen LogP contribution >= 0.6 is 0 Å². The second-order valence-corrected chi connectivity index (χ2v) is 3.67. The lowest BCUT2D eigenvalue weighted by Gasteiger charge is -2.23. The first-order valence-corrected chi connectivity index (χ1v) is 3.98. The topological polar surface area (TPSA) is 89.7 Å². The van der Waals surface area contributed by atoms with Gasteiger partial charge >= 0.3 is 12.1 Å². The van der Waals surface area contributed by atoms with Gasteiger partial charge in [0.05, 0.1) is 0 Å². The Hall–Kier alpha value is -1.59. The zero-order valence-electron chi connectivity index (χ0n) is 8.66. The van der Waals surface area contributed by atoms with Gasteiger partial charge in [-0.2, -0.15) is 4.90 Å². The molecule has 0 saturated heterocycles. The molecule has 0 aromatic carbocycles. The maximum atomic E-state index is 11.2. The lowest BCUT2D eigenvalue weighted by molar-refractivity contribution is -0.125. The highest BCUT2D eigenvalue weighted by molar-refractivity contribution is 6.06. The number of rotatable bonds is 0. The number of ether oxygens (including phenoxy) is 1. The largest absolute Gasteiger partial charge is 0.443 e. The molecule has 0 aliphatic heterocycles. The minimum absolute atomic E-state index is 0.241. The van der Waals surface area contributed by atoms with E-state index in [1.54, 1.807) is 20.8 Å². The number of nitrogens with two attached hydrogens (primary N) is 1. The monoisotopic (exact) mass is 202 g/mol. The molecule has 0 saturated carbocycles. The molecule has 0 radical (unpaired) electrons. The van der Waals surface area contributed by atoms with Crippen molar-refractivity contribution in [3.05, 3.63) is 0 Å². The highest BCUT2D eigenvalue weighted by atomic mass is 16.6. The summed E-state index contributed by atoms with van der Waals surface area (Å²) in [6.07, 6.45) is -1.06. The Morgan fingerprint density at radius 1 is 1.21 bits per heavy atom. The predicted octanol–water partition coefficient (Wildman–Crippen LogP) is 0.849. The lowest BCUT2D eigenvalue weighted by Crippen LogP contribution is -2.46. The summed E-state index contributed by atoms with van der Waals surface area (Å²) in [5.74, 6) is -0.772. The number of amides is 4. The first-order valence-electron chi connectivity index (χ1n) is 3.98. The van der Waals surface area contributed by atoms with Crippen LogP contribution in [0, 0.1) is 0 Å². The first kappa shape index (κ1) is 12.4. The lowest BCUT2D eigenvalue weighted by atomic mass is 10.2. The molecule has 0 aromatic rings. The van der Waals surface area contributed by atoms with Crippen molar-refractivity contribution in [2.45, 2.75) is 33.3 Å². The van der Waals surface area contributed by atoms with Gasteiger partial charge in [0, 0.05) is 6.92 Å². The van der Waals surface area contributed by atoms with Gasteiger partial charge in [0.2, 0.25) is 5.91 Å². The fourth-order valence-electron chi connectivity index (χ4n) is 0.681. The van der Waals surface area contributed by atoms with E-state index in [2.05, 4.69) is 0 Å². The highest BCUT2D eigenvalue weighted by Gasteiger charge is 2.28. The fraction of sp³-hybridized carbons (Fsp3) is 0.625. The van der Waals surface area contributed by atoms with Gasteiger partial charge < -0.3 is 10.5 Å². The third-order valence-corrected chi connectivity index (χ3v) is 1.11. The summed E-state index contributed by atoms with van der Waals surface area (Å²) in [6.45, 7) is 5.90. The number of urea groups is 1. The van der Waals surface area contributed by atoms with Crippen LogP contribution in [0.15, 0.2) is 0 Å². The third kappa shape index (κ3) is 3.88. The van der Waals surface area contributed by atoms with E-state index < -0.39 is 23.6 Å². The van der Waals surface area contributed by atoms with Gasteiger partial charge in [-0.1, -0.05) is 0 Å². The molecule has 0 spiro atoms. The van der Waals surface area contributed by atoms with Gasteiger partial charge in [0.25, 0.3) is 0 Å². The Morgan fingerprint density at radius 2 is 1.64 bits per heavy atom. The number of nitrogens with zero attached hydrogens (tertiary/aromatic N) is 1. The van der Waals surface area contributed by atoms with Crippen molar-refractivity contribution in [1.29, 1.82) is 0 Å². The zero-order chi connectivity index (χ0) is 11.5. The summed E-state index contributed by atoms with van der Waals surface area (Å²) in [4.78, 5) is 33.0. The van der Waals surface area contributed by atoms with Crippen LogP contribution in [-0.4, -0.2) is 28.5 Å². The maximum absolute atomic E-state index is 11.2. The summed E-state index contributed by atoms with van der Waals surface area (Å²) < 4.78 is 4.79. The van der Waals surface area contributed by atoms with Crippen LogP contribution in [0.4, 0.5) is 9.59 Å². The van der Waals surface area contributed by atoms with Crippen molar-refractivity contribution >= 4 is 18.0 Å². The van der Waals surface area contributed by atoms with Crippen LogP contribution < -0.4 is 5.73 Å². The second kappa shape index (κ2) is 4.08. The van der Waals surface area contributed by atoms with Crippen molar-refractivity contribution in [1.82, 2.24) is 4.90 Å². The van der Waals surface area contributed by atoms with E-state index in [0.29, 0.717) is 0 Å². The van der Waals surface area contributed by atoms with Gasteiger partial charge in [-0.25, -0.2) is 9.59 Å². The minimum atomic E-state index is -1.15. The van der Waals surface area contributed by atoms with Crippen molar-refractivity contribution < 1.29 is 19.1 Å². The summed E-state index contributed by atoms with van der Waals surface area (Å²) in [5.41, 5.74) is 4.05. The van der Waals surface area contributed by atoms with Crippen molar-refractivity contribution in [2.24, 2.45) is 5.73 Å². The Labute approximate surface area is 82.0 Å². The van der Waals surface area contributed by atoms with Gasteiger partial charge in [0.15, 0.2) is 0 Å². The standard InChI is InChI=1S/C8H14N2O4/c1-5(11)10(6(9)12)7(13)14-8(2,3)4/h1-4H3,(H2,9,12). The molecule has 0 aliphatic carbocycles. The average Bonchev–Trinajstić information content (AvgIpc) is 1.78. The number of carbonyl (C=O) groups excluding carboxylic acids is 3. The Kier molecular flexibility index (Phi) is 3.62. The SMILES string of the molecule is CC(=O)N(C(N)=O)C(=O)OC(C)(C)C. The van der Waals surface area contributed by atoms with Crippen LogP contribution in [0.25, 0.3) is 0 Å². The number of hydrogen-bond acceptors (Lipinski definition) is 4. The van der Waals surface area contributed by atoms with E-state index >= 15 is 0 Å². The van der Waals surface area contributed by atoms with E-state index in [0.717, 1.165) is 6.92 Å². The molecule has 6 nitrogen and oxygen atoms in total. The van der Waals surface area contributed by atoms with Crippen LogP contribution in [0.5, 0.6) is 0 Å². The summed E-state index contributed by atoms with van der Waals surface area (Å²) in [5, 5.41) is 0. The second-order valence-electron chi connectivity index (χ2n) is 3.67. The molecule has 0 unspecified atom stereocenters. The minimum Gasteiger partial charge on any atom is -0.443 e. The van der Waals surface area contributed by atoms with Gasteiger partial charge in [-0.3, -0.25) is 4.79 Å². The van der Waals surface area contributed by atoms with Crippen LogP contribution in [-0.2, 0) is 9.53 Å². The summed E-state index contributed by atoms with van der Waals surface area (Å²) >= 11 is 0. The van der Waals surface area contributed by atoms with E-state index in [4.69, 9.17) is 10.5 Å². The number of imide groups is 3. The molecule has 0 fully saturated rings. The molecule has 4 amide bonds. The molecule has 14 heavy (non-hydrogen) atoms. The van der Waals surface area contributed by atoms with Gasteiger partial charge in [-0.15, -0.1) is 0 Å². The Morgan fingerprint density at radius 3 is 1.86 bits per heavy atom. The van der Waals surface area contributed by atoms with E-state index in [-0.39, 0.29) is 4.90 Å². The molecule has 0 rings (SSSR count). The summed E-state index contributed by atoms with van der Waals surface area (Å²) in [7, 11) is 0. The zero-order valence-corrected chi connectivity index (χ0v) is 8.66. The molecular formula is C8H14N2O4. The molecule has 6 heteroatoms. The van der Waals surface area contributed by atoms with Crippen LogP contribution in [0.1, 0.15) is 27.7 Å². The van der Waals surface area contributed by atoms with Crippen LogP contribution in [0.2, 0.25) is 0 Å². The Balaban J connectivity index is 4.63. The van der Waals surface area contributed by atoms with Crippen LogP contribution in [0.3, 0.4) is 0 Å². The van der Waals surface area contributed by atoms with Crippen molar-refractivity contribution in [3.63, 3.8) is 0 Å². The number of hydrogen-bond donors (Lipinski definition) is 1. The maximum Gasteiger partial charge on any atom is 0.425 e. The molecule has 2 N–H and O–H groups in total. The Bertz CT molecular complexity index is 253. The first-order chi connectivity index (χ1) is 6.15. The summed E-state index contributed by atoms with van der Waals surface area (Å²) in [6, 6.07) is -1.15. The van der Waals surface area contributed by atoms with E-state index in [1.165, 1.54) is 0 Å². The van der Waals surface area contributed by atoms with Crippen molar-refractivity contribution in [2.75, 3.05) is 0 Å².